The lowest BCUT2D eigenvalue weighted by molar-refractivity contribution is -0.149. The van der Waals surface area contributed by atoms with Gasteiger partial charge < -0.3 is 14.1 Å². The second-order valence-electron chi connectivity index (χ2n) is 5.58. The smallest absolute Gasteiger partial charge is 0.329 e. The number of benzene rings is 1. The van der Waals surface area contributed by atoms with E-state index < -0.39 is 6.04 Å². The van der Waals surface area contributed by atoms with E-state index >= 15 is 0 Å². The minimum absolute atomic E-state index is 0.246. The molecule has 1 aliphatic rings. The number of amides is 1. The van der Waals surface area contributed by atoms with Crippen molar-refractivity contribution in [3.63, 3.8) is 0 Å². The predicted octanol–water partition coefficient (Wildman–Crippen LogP) is 2.72. The average molecular weight is 313 g/mol. The summed E-state index contributed by atoms with van der Waals surface area (Å²) >= 11 is 0. The number of rotatable bonds is 3. The number of carbonyl (C=O) groups is 2. The molecule has 2 aromatic rings. The number of esters is 1. The van der Waals surface area contributed by atoms with Gasteiger partial charge in [0.15, 0.2) is 5.76 Å². The monoisotopic (exact) mass is 313 g/mol. The third kappa shape index (κ3) is 2.99. The van der Waals surface area contributed by atoms with E-state index in [0.29, 0.717) is 25.3 Å². The van der Waals surface area contributed by atoms with E-state index in [1.54, 1.807) is 30.9 Å². The van der Waals surface area contributed by atoms with Crippen molar-refractivity contribution in [3.8, 4) is 0 Å². The van der Waals surface area contributed by atoms with Crippen molar-refractivity contribution in [3.05, 3.63) is 59.0 Å². The maximum Gasteiger partial charge on any atom is 0.329 e. The molecule has 0 aliphatic carbocycles. The fourth-order valence-electron chi connectivity index (χ4n) is 2.88. The van der Waals surface area contributed by atoms with Crippen molar-refractivity contribution >= 4 is 11.9 Å². The van der Waals surface area contributed by atoms with Crippen LogP contribution in [0.25, 0.3) is 0 Å². The summed E-state index contributed by atoms with van der Waals surface area (Å²) in [6.45, 7) is 4.21. The highest BCUT2D eigenvalue weighted by molar-refractivity contribution is 5.95. The van der Waals surface area contributed by atoms with Crippen LogP contribution >= 0.6 is 0 Å². The van der Waals surface area contributed by atoms with Crippen molar-refractivity contribution in [2.45, 2.75) is 32.9 Å². The van der Waals surface area contributed by atoms with Gasteiger partial charge in [0.05, 0.1) is 6.61 Å². The van der Waals surface area contributed by atoms with Gasteiger partial charge in [-0.25, -0.2) is 4.79 Å². The van der Waals surface area contributed by atoms with Crippen molar-refractivity contribution in [1.82, 2.24) is 4.90 Å². The molecule has 1 aromatic heterocycles. The van der Waals surface area contributed by atoms with E-state index in [0.717, 1.165) is 11.1 Å². The van der Waals surface area contributed by atoms with E-state index in [1.165, 1.54) is 0 Å². The van der Waals surface area contributed by atoms with E-state index in [9.17, 15) is 9.59 Å². The van der Waals surface area contributed by atoms with Crippen LogP contribution in [-0.4, -0.2) is 29.4 Å². The molecular weight excluding hydrogens is 294 g/mol. The third-order valence-corrected chi connectivity index (χ3v) is 4.02. The summed E-state index contributed by atoms with van der Waals surface area (Å²) in [5.41, 5.74) is 2.12. The molecule has 3 rings (SSSR count). The molecule has 23 heavy (non-hydrogen) atoms. The summed E-state index contributed by atoms with van der Waals surface area (Å²) < 4.78 is 10.6. The minimum Gasteiger partial charge on any atom is -0.464 e. The van der Waals surface area contributed by atoms with E-state index in [4.69, 9.17) is 9.15 Å². The zero-order valence-corrected chi connectivity index (χ0v) is 13.2. The van der Waals surface area contributed by atoms with Gasteiger partial charge in [0.1, 0.15) is 11.8 Å². The Balaban J connectivity index is 1.94. The van der Waals surface area contributed by atoms with Crippen LogP contribution in [0.15, 0.2) is 40.8 Å². The Kier molecular flexibility index (Phi) is 4.19. The lowest BCUT2D eigenvalue weighted by Gasteiger charge is -2.34. The lowest BCUT2D eigenvalue weighted by atomic mass is 9.93. The Morgan fingerprint density at radius 2 is 1.96 bits per heavy atom. The number of furan rings is 1. The summed E-state index contributed by atoms with van der Waals surface area (Å²) in [4.78, 5) is 26.6. The molecule has 1 unspecified atom stereocenters. The Morgan fingerprint density at radius 3 is 2.61 bits per heavy atom. The lowest BCUT2D eigenvalue weighted by Crippen LogP contribution is -2.49. The largest absolute Gasteiger partial charge is 0.464 e. The highest BCUT2D eigenvalue weighted by Gasteiger charge is 2.36. The topological polar surface area (TPSA) is 59.8 Å². The third-order valence-electron chi connectivity index (χ3n) is 4.02. The van der Waals surface area contributed by atoms with Crippen LogP contribution in [0.2, 0.25) is 0 Å². The normalized spacial score (nSPS) is 16.8. The molecule has 0 saturated heterocycles. The van der Waals surface area contributed by atoms with Gasteiger partial charge in [0, 0.05) is 13.0 Å². The molecule has 1 aliphatic heterocycles. The van der Waals surface area contributed by atoms with Gasteiger partial charge in [0.25, 0.3) is 5.91 Å². The summed E-state index contributed by atoms with van der Waals surface area (Å²) in [6.07, 6.45) is 0.459. The van der Waals surface area contributed by atoms with Crippen LogP contribution in [0.1, 0.15) is 34.4 Å². The van der Waals surface area contributed by atoms with Crippen molar-refractivity contribution < 1.29 is 18.7 Å². The van der Waals surface area contributed by atoms with E-state index in [1.807, 2.05) is 24.3 Å². The Morgan fingerprint density at radius 1 is 1.22 bits per heavy atom. The fourth-order valence-corrected chi connectivity index (χ4v) is 2.88. The molecule has 5 nitrogen and oxygen atoms in total. The molecule has 120 valence electrons. The van der Waals surface area contributed by atoms with Gasteiger partial charge in [0.2, 0.25) is 0 Å². The van der Waals surface area contributed by atoms with Gasteiger partial charge in [-0.05, 0) is 37.1 Å². The SMILES string of the molecule is CCOC(=O)C1Cc2ccccc2CN1C(=O)c1ccc(C)o1. The van der Waals surface area contributed by atoms with Crippen LogP contribution in [0.4, 0.5) is 0 Å². The quantitative estimate of drug-likeness (QED) is 0.818. The second kappa shape index (κ2) is 6.28. The van der Waals surface area contributed by atoms with E-state index in [2.05, 4.69) is 0 Å². The number of aryl methyl sites for hydroxylation is 1. The highest BCUT2D eigenvalue weighted by atomic mass is 16.5. The molecule has 1 amide bonds. The summed E-state index contributed by atoms with van der Waals surface area (Å²) in [5, 5.41) is 0. The van der Waals surface area contributed by atoms with Crippen LogP contribution in [-0.2, 0) is 22.5 Å². The number of nitrogens with zero attached hydrogens (tertiary/aromatic N) is 1. The van der Waals surface area contributed by atoms with Crippen molar-refractivity contribution in [1.29, 1.82) is 0 Å². The molecular formula is C18H19NO4. The molecule has 5 heteroatoms. The Bertz CT molecular complexity index is 734. The van der Waals surface area contributed by atoms with Crippen molar-refractivity contribution in [2.75, 3.05) is 6.61 Å². The zero-order valence-electron chi connectivity index (χ0n) is 13.2. The Hall–Kier alpha value is -2.56. The first kappa shape index (κ1) is 15.3. The van der Waals surface area contributed by atoms with Crippen LogP contribution in [0, 0.1) is 6.92 Å². The molecule has 0 bridgehead atoms. The highest BCUT2D eigenvalue weighted by Crippen LogP contribution is 2.26. The zero-order chi connectivity index (χ0) is 16.4. The molecule has 0 saturated carbocycles. The second-order valence-corrected chi connectivity index (χ2v) is 5.58. The van der Waals surface area contributed by atoms with Gasteiger partial charge in [-0.15, -0.1) is 0 Å². The molecule has 1 atom stereocenters. The standard InChI is InChI=1S/C18H19NO4/c1-3-22-18(21)15-10-13-6-4-5-7-14(13)11-19(15)17(20)16-9-8-12(2)23-16/h4-9,15H,3,10-11H2,1-2H3. The minimum atomic E-state index is -0.622. The van der Waals surface area contributed by atoms with Crippen LogP contribution in [0.5, 0.6) is 0 Å². The van der Waals surface area contributed by atoms with Gasteiger partial charge in [-0.3, -0.25) is 4.79 Å². The van der Waals surface area contributed by atoms with Crippen LogP contribution in [0.3, 0.4) is 0 Å². The Labute approximate surface area is 134 Å². The maximum absolute atomic E-state index is 12.8. The number of hydrogen-bond acceptors (Lipinski definition) is 4. The first-order valence-corrected chi connectivity index (χ1v) is 7.71. The first-order valence-electron chi connectivity index (χ1n) is 7.71. The predicted molar refractivity (Wildman–Crippen MR) is 83.9 cm³/mol. The van der Waals surface area contributed by atoms with Gasteiger partial charge in [-0.1, -0.05) is 24.3 Å². The molecule has 0 N–H and O–H groups in total. The van der Waals surface area contributed by atoms with Crippen LogP contribution < -0.4 is 0 Å². The number of ether oxygens (including phenoxy) is 1. The molecule has 0 radical (unpaired) electrons. The number of fused-ring (bicyclic) bond motifs is 1. The molecule has 2 heterocycles. The van der Waals surface area contributed by atoms with E-state index in [-0.39, 0.29) is 17.6 Å². The summed E-state index contributed by atoms with van der Waals surface area (Å²) in [7, 11) is 0. The summed E-state index contributed by atoms with van der Waals surface area (Å²) in [6, 6.07) is 10.6. The maximum atomic E-state index is 12.8. The van der Waals surface area contributed by atoms with Gasteiger partial charge >= 0.3 is 5.97 Å². The number of hydrogen-bond donors (Lipinski definition) is 0. The molecule has 0 fully saturated rings. The first-order chi connectivity index (χ1) is 11.1. The fraction of sp³-hybridized carbons (Fsp3) is 0.333. The molecule has 1 aromatic carbocycles. The van der Waals surface area contributed by atoms with Gasteiger partial charge in [-0.2, -0.15) is 0 Å². The average Bonchev–Trinajstić information content (AvgIpc) is 2.99. The summed E-state index contributed by atoms with van der Waals surface area (Å²) in [5.74, 6) is 0.249. The molecule has 0 spiro atoms. The van der Waals surface area contributed by atoms with Crippen molar-refractivity contribution in [2.24, 2.45) is 0 Å². The number of carbonyl (C=O) groups excluding carboxylic acids is 2.